The number of rotatable bonds is 16. The second-order valence-corrected chi connectivity index (χ2v) is 16.4. The van der Waals surface area contributed by atoms with Crippen molar-refractivity contribution in [3.63, 3.8) is 0 Å². The van der Waals surface area contributed by atoms with Crippen LogP contribution in [-0.2, 0) is 0 Å². The van der Waals surface area contributed by atoms with Crippen molar-refractivity contribution in [3.05, 3.63) is 0 Å². The zero-order valence-corrected chi connectivity index (χ0v) is 27.2. The molecule has 0 bridgehead atoms. The molecule has 36 heavy (non-hydrogen) atoms. The Kier molecular flexibility index (Phi) is 16.0. The molecule has 0 aliphatic carbocycles. The first kappa shape index (κ1) is 35.3. The van der Waals surface area contributed by atoms with Gasteiger partial charge in [-0.25, -0.2) is 0 Å². The van der Waals surface area contributed by atoms with Crippen LogP contribution in [0.3, 0.4) is 0 Å². The molecule has 1 N–H and O–H groups in total. The van der Waals surface area contributed by atoms with Gasteiger partial charge in [0.25, 0.3) is 0 Å². The topological polar surface area (TPSA) is 30.3 Å². The van der Waals surface area contributed by atoms with E-state index in [2.05, 4.69) is 92.9 Å². The van der Waals surface area contributed by atoms with E-state index in [1.54, 1.807) is 0 Å². The molecular weight excluding hydrogens is 438 g/mol. The molecule has 0 amide bonds. The lowest BCUT2D eigenvalue weighted by atomic mass is 9.89. The number of hydrogen-bond acceptors (Lipinski definition) is 1. The van der Waals surface area contributed by atoms with E-state index in [4.69, 9.17) is 0 Å². The minimum absolute atomic E-state index is 0.400. The molecule has 0 saturated heterocycles. The van der Waals surface area contributed by atoms with Gasteiger partial charge >= 0.3 is 0 Å². The standard InChI is InChI=1S/C33H69N3/c1-30(2,3)21-13-17-25-35(26-18-14-22-31(4,5)6)29(34)36(27-19-15-23-32(7,8)9)28-20-16-24-33(10,11)12/h34H,13-28H2,1-12H3. The lowest BCUT2D eigenvalue weighted by molar-refractivity contribution is 0.269. The van der Waals surface area contributed by atoms with Crippen molar-refractivity contribution in [1.29, 1.82) is 5.41 Å². The highest BCUT2D eigenvalue weighted by molar-refractivity contribution is 5.76. The van der Waals surface area contributed by atoms with E-state index in [0.29, 0.717) is 21.7 Å². The third kappa shape index (κ3) is 22.5. The summed E-state index contributed by atoms with van der Waals surface area (Å²) in [5.41, 5.74) is 1.60. The number of nitrogens with zero attached hydrogens (tertiary/aromatic N) is 2. The minimum Gasteiger partial charge on any atom is -0.343 e. The molecule has 0 aromatic carbocycles. The zero-order valence-electron chi connectivity index (χ0n) is 27.2. The summed E-state index contributed by atoms with van der Waals surface area (Å²) in [6, 6.07) is 0. The van der Waals surface area contributed by atoms with Gasteiger partial charge in [0.15, 0.2) is 5.96 Å². The summed E-state index contributed by atoms with van der Waals surface area (Å²) >= 11 is 0. The van der Waals surface area contributed by atoms with Gasteiger partial charge < -0.3 is 9.80 Å². The second kappa shape index (κ2) is 16.3. The maximum Gasteiger partial charge on any atom is 0.193 e. The lowest BCUT2D eigenvalue weighted by Gasteiger charge is -2.35. The van der Waals surface area contributed by atoms with Crippen LogP contribution in [0.4, 0.5) is 0 Å². The third-order valence-corrected chi connectivity index (χ3v) is 7.02. The molecule has 0 fully saturated rings. The smallest absolute Gasteiger partial charge is 0.193 e. The Hall–Kier alpha value is -0.730. The molecule has 0 heterocycles. The van der Waals surface area contributed by atoms with Crippen molar-refractivity contribution in [2.45, 2.75) is 160 Å². The van der Waals surface area contributed by atoms with E-state index < -0.39 is 0 Å². The Morgan fingerprint density at radius 2 is 0.583 bits per heavy atom. The molecule has 0 unspecified atom stereocenters. The summed E-state index contributed by atoms with van der Waals surface area (Å²) in [6.45, 7) is 32.3. The second-order valence-electron chi connectivity index (χ2n) is 16.4. The van der Waals surface area contributed by atoms with E-state index in [1.165, 1.54) is 77.0 Å². The van der Waals surface area contributed by atoms with Crippen LogP contribution in [0.5, 0.6) is 0 Å². The fraction of sp³-hybridized carbons (Fsp3) is 0.970. The number of nitrogens with one attached hydrogen (secondary N) is 1. The molecule has 0 rings (SSSR count). The van der Waals surface area contributed by atoms with Crippen molar-refractivity contribution in [2.75, 3.05) is 26.2 Å². The van der Waals surface area contributed by atoms with Gasteiger partial charge in [-0.3, -0.25) is 5.41 Å². The average molecular weight is 508 g/mol. The fourth-order valence-electron chi connectivity index (χ4n) is 4.68. The predicted molar refractivity (Wildman–Crippen MR) is 164 cm³/mol. The molecule has 0 aliphatic heterocycles. The molecule has 0 aromatic heterocycles. The zero-order chi connectivity index (χ0) is 28.0. The van der Waals surface area contributed by atoms with E-state index >= 15 is 0 Å². The number of hydrogen-bond donors (Lipinski definition) is 1. The normalized spacial score (nSPS) is 13.2. The van der Waals surface area contributed by atoms with Gasteiger partial charge in [0.1, 0.15) is 0 Å². The summed E-state index contributed by atoms with van der Waals surface area (Å²) in [5.74, 6) is 0.799. The lowest BCUT2D eigenvalue weighted by Crippen LogP contribution is -2.45. The SMILES string of the molecule is CC(C)(C)CCCCN(CCCCC(C)(C)C)C(=N)N(CCCCC(C)(C)C)CCCCC(C)(C)C. The van der Waals surface area contributed by atoms with E-state index in [9.17, 15) is 5.41 Å². The Morgan fingerprint density at radius 3 is 0.750 bits per heavy atom. The highest BCUT2D eigenvalue weighted by atomic mass is 15.4. The van der Waals surface area contributed by atoms with Gasteiger partial charge in [-0.15, -0.1) is 0 Å². The highest BCUT2D eigenvalue weighted by Gasteiger charge is 2.19. The average Bonchev–Trinajstić information content (AvgIpc) is 2.67. The summed E-state index contributed by atoms with van der Waals surface area (Å²) < 4.78 is 0. The van der Waals surface area contributed by atoms with Gasteiger partial charge in [-0.05, 0) is 73.0 Å². The van der Waals surface area contributed by atoms with Gasteiger partial charge in [-0.1, -0.05) is 109 Å². The maximum absolute atomic E-state index is 9.29. The summed E-state index contributed by atoms with van der Waals surface area (Å²) in [5, 5.41) is 9.29. The van der Waals surface area contributed by atoms with Crippen LogP contribution in [0, 0.1) is 27.1 Å². The van der Waals surface area contributed by atoms with Crippen LogP contribution >= 0.6 is 0 Å². The summed E-state index contributed by atoms with van der Waals surface area (Å²) in [4.78, 5) is 4.86. The van der Waals surface area contributed by atoms with Gasteiger partial charge in [0, 0.05) is 26.2 Å². The molecule has 0 aromatic rings. The van der Waals surface area contributed by atoms with Crippen LogP contribution in [0.1, 0.15) is 160 Å². The first-order valence-corrected chi connectivity index (χ1v) is 15.4. The van der Waals surface area contributed by atoms with Gasteiger partial charge in [0.05, 0.1) is 0 Å². The Bertz CT molecular complexity index is 472. The molecule has 0 radical (unpaired) electrons. The Balaban J connectivity index is 5.19. The highest BCUT2D eigenvalue weighted by Crippen LogP contribution is 2.25. The fourth-order valence-corrected chi connectivity index (χ4v) is 4.68. The predicted octanol–water partition coefficient (Wildman–Crippen LogP) is 10.4. The molecule has 0 saturated carbocycles. The minimum atomic E-state index is 0.400. The molecule has 216 valence electrons. The van der Waals surface area contributed by atoms with Crippen LogP contribution in [0.2, 0.25) is 0 Å². The summed E-state index contributed by atoms with van der Waals surface area (Å²) in [6.07, 6.45) is 14.9. The first-order valence-electron chi connectivity index (χ1n) is 15.4. The van der Waals surface area contributed by atoms with Gasteiger partial charge in [-0.2, -0.15) is 0 Å². The molecule has 0 aliphatic rings. The van der Waals surface area contributed by atoms with E-state index in [-0.39, 0.29) is 0 Å². The molecule has 3 nitrogen and oxygen atoms in total. The molecule has 0 spiro atoms. The van der Waals surface area contributed by atoms with Crippen molar-refractivity contribution < 1.29 is 0 Å². The molecule has 0 atom stereocenters. The van der Waals surface area contributed by atoms with Crippen LogP contribution in [0.25, 0.3) is 0 Å². The Morgan fingerprint density at radius 1 is 0.389 bits per heavy atom. The van der Waals surface area contributed by atoms with E-state index in [0.717, 1.165) is 32.1 Å². The molecule has 3 heteroatoms. The Labute approximate surface area is 229 Å². The number of unbranched alkanes of at least 4 members (excludes halogenated alkanes) is 4. The quantitative estimate of drug-likeness (QED) is 0.128. The number of guanidine groups is 1. The van der Waals surface area contributed by atoms with Crippen LogP contribution in [0.15, 0.2) is 0 Å². The van der Waals surface area contributed by atoms with Crippen molar-refractivity contribution >= 4 is 5.96 Å². The van der Waals surface area contributed by atoms with Crippen LogP contribution < -0.4 is 0 Å². The van der Waals surface area contributed by atoms with E-state index in [1.807, 2.05) is 0 Å². The molecular formula is C33H69N3. The third-order valence-electron chi connectivity index (χ3n) is 7.02. The summed E-state index contributed by atoms with van der Waals surface area (Å²) in [7, 11) is 0. The van der Waals surface area contributed by atoms with Crippen LogP contribution in [-0.4, -0.2) is 41.9 Å². The maximum atomic E-state index is 9.29. The first-order chi connectivity index (χ1) is 16.3. The van der Waals surface area contributed by atoms with Gasteiger partial charge in [0.2, 0.25) is 0 Å². The van der Waals surface area contributed by atoms with Crippen molar-refractivity contribution in [2.24, 2.45) is 21.7 Å². The monoisotopic (exact) mass is 508 g/mol. The largest absolute Gasteiger partial charge is 0.343 e. The van der Waals surface area contributed by atoms with Crippen molar-refractivity contribution in [3.8, 4) is 0 Å². The van der Waals surface area contributed by atoms with Crippen molar-refractivity contribution in [1.82, 2.24) is 9.80 Å².